The number of nitrogens with zero attached hydrogens (tertiary/aromatic N) is 1. The van der Waals surface area contributed by atoms with Crippen LogP contribution in [0.25, 0.3) is 0 Å². The normalized spacial score (nSPS) is 9.65. The Morgan fingerprint density at radius 1 is 1.45 bits per heavy atom. The van der Waals surface area contributed by atoms with Crippen LogP contribution in [0.1, 0.15) is 18.9 Å². The summed E-state index contributed by atoms with van der Waals surface area (Å²) >= 11 is 0. The van der Waals surface area contributed by atoms with Crippen LogP contribution in [0.3, 0.4) is 0 Å². The van der Waals surface area contributed by atoms with Crippen molar-refractivity contribution in [2.75, 3.05) is 19.8 Å². The van der Waals surface area contributed by atoms with Gasteiger partial charge in [-0.2, -0.15) is 5.26 Å². The van der Waals surface area contributed by atoms with Gasteiger partial charge in [-0.15, -0.1) is 0 Å². The van der Waals surface area contributed by atoms with Crippen LogP contribution in [-0.4, -0.2) is 25.7 Å². The first-order valence-corrected chi connectivity index (χ1v) is 6.44. The Morgan fingerprint density at radius 3 is 2.90 bits per heavy atom. The van der Waals surface area contributed by atoms with Gasteiger partial charge in [-0.3, -0.25) is 4.79 Å². The fourth-order valence-corrected chi connectivity index (χ4v) is 1.60. The van der Waals surface area contributed by atoms with E-state index in [1.54, 1.807) is 6.07 Å². The zero-order chi connectivity index (χ0) is 14.8. The molecule has 3 N–H and O–H groups in total. The molecule has 0 aromatic heterocycles. The number of benzene rings is 1. The number of ether oxygens (including phenoxy) is 2. The zero-order valence-corrected chi connectivity index (χ0v) is 11.5. The van der Waals surface area contributed by atoms with Crippen LogP contribution in [0.15, 0.2) is 18.2 Å². The third-order valence-electron chi connectivity index (χ3n) is 2.49. The summed E-state index contributed by atoms with van der Waals surface area (Å²) in [5.41, 5.74) is 6.43. The summed E-state index contributed by atoms with van der Waals surface area (Å²) in [4.78, 5) is 11.5. The van der Waals surface area contributed by atoms with Gasteiger partial charge in [0.1, 0.15) is 0 Å². The standard InChI is InChI=1S/C14H19N3O3/c1-2-19-12-6-3-5-11(9-16)14(12)20-10-13(18)17-8-4-7-15/h3,5-6H,2,4,8-10,16H2,1H3,(H,17,18). The number of nitrogens with one attached hydrogen (secondary N) is 1. The average molecular weight is 277 g/mol. The summed E-state index contributed by atoms with van der Waals surface area (Å²) in [6, 6.07) is 7.37. The van der Waals surface area contributed by atoms with Crippen molar-refractivity contribution >= 4 is 5.91 Å². The molecule has 6 nitrogen and oxygen atoms in total. The lowest BCUT2D eigenvalue weighted by molar-refractivity contribution is -0.123. The smallest absolute Gasteiger partial charge is 0.257 e. The summed E-state index contributed by atoms with van der Waals surface area (Å²) in [5.74, 6) is 0.780. The van der Waals surface area contributed by atoms with Gasteiger partial charge in [-0.05, 0) is 13.0 Å². The van der Waals surface area contributed by atoms with E-state index in [-0.39, 0.29) is 18.9 Å². The maximum atomic E-state index is 11.5. The van der Waals surface area contributed by atoms with E-state index in [1.165, 1.54) is 0 Å². The van der Waals surface area contributed by atoms with Crippen molar-refractivity contribution in [1.82, 2.24) is 5.32 Å². The Kier molecular flexibility index (Phi) is 6.93. The Morgan fingerprint density at radius 2 is 2.25 bits per heavy atom. The molecule has 1 amide bonds. The van der Waals surface area contributed by atoms with Crippen LogP contribution in [0.5, 0.6) is 11.5 Å². The maximum absolute atomic E-state index is 11.5. The molecule has 1 aromatic rings. The van der Waals surface area contributed by atoms with E-state index in [2.05, 4.69) is 5.32 Å². The van der Waals surface area contributed by atoms with Crippen LogP contribution in [-0.2, 0) is 11.3 Å². The number of nitrogens with two attached hydrogens (primary N) is 1. The number of hydrogen-bond acceptors (Lipinski definition) is 5. The summed E-state index contributed by atoms with van der Waals surface area (Å²) in [6.07, 6.45) is 0.273. The van der Waals surface area contributed by atoms with E-state index < -0.39 is 0 Å². The highest BCUT2D eigenvalue weighted by molar-refractivity contribution is 5.77. The van der Waals surface area contributed by atoms with Gasteiger partial charge in [0.2, 0.25) is 0 Å². The molecule has 0 spiro atoms. The summed E-state index contributed by atoms with van der Waals surface area (Å²) in [7, 11) is 0. The molecular weight excluding hydrogens is 258 g/mol. The molecule has 0 aliphatic rings. The molecule has 0 fully saturated rings. The second-order valence-corrected chi connectivity index (χ2v) is 3.93. The van der Waals surface area contributed by atoms with Crippen LogP contribution in [0.2, 0.25) is 0 Å². The fourth-order valence-electron chi connectivity index (χ4n) is 1.60. The third-order valence-corrected chi connectivity index (χ3v) is 2.49. The molecule has 1 rings (SSSR count). The second kappa shape index (κ2) is 8.77. The van der Waals surface area contributed by atoms with Crippen molar-refractivity contribution in [2.45, 2.75) is 19.9 Å². The van der Waals surface area contributed by atoms with Crippen LogP contribution < -0.4 is 20.5 Å². The molecule has 0 radical (unpaired) electrons. The van der Waals surface area contributed by atoms with Crippen LogP contribution in [0, 0.1) is 11.3 Å². The first-order chi connectivity index (χ1) is 9.72. The number of nitriles is 1. The molecule has 0 atom stereocenters. The minimum atomic E-state index is -0.283. The predicted molar refractivity (Wildman–Crippen MR) is 74.2 cm³/mol. The molecule has 1 aromatic carbocycles. The highest BCUT2D eigenvalue weighted by Crippen LogP contribution is 2.31. The van der Waals surface area contributed by atoms with E-state index in [9.17, 15) is 4.79 Å². The van der Waals surface area contributed by atoms with Gasteiger partial charge in [0, 0.05) is 18.7 Å². The van der Waals surface area contributed by atoms with Gasteiger partial charge >= 0.3 is 0 Å². The van der Waals surface area contributed by atoms with Crippen molar-refractivity contribution in [3.05, 3.63) is 23.8 Å². The summed E-state index contributed by atoms with van der Waals surface area (Å²) < 4.78 is 11.0. The quantitative estimate of drug-likeness (QED) is 0.689. The molecule has 6 heteroatoms. The van der Waals surface area contributed by atoms with Crippen molar-refractivity contribution in [3.63, 3.8) is 0 Å². The number of hydrogen-bond donors (Lipinski definition) is 2. The molecule has 20 heavy (non-hydrogen) atoms. The minimum absolute atomic E-state index is 0.136. The van der Waals surface area contributed by atoms with E-state index in [0.717, 1.165) is 5.56 Å². The monoisotopic (exact) mass is 277 g/mol. The molecule has 0 saturated carbocycles. The largest absolute Gasteiger partial charge is 0.490 e. The first kappa shape index (κ1) is 15.8. The zero-order valence-electron chi connectivity index (χ0n) is 11.5. The fraction of sp³-hybridized carbons (Fsp3) is 0.429. The van der Waals surface area contributed by atoms with Crippen molar-refractivity contribution < 1.29 is 14.3 Å². The highest BCUT2D eigenvalue weighted by Gasteiger charge is 2.11. The average Bonchev–Trinajstić information content (AvgIpc) is 2.46. The summed E-state index contributed by atoms with van der Waals surface area (Å²) in [6.45, 7) is 2.84. The van der Waals surface area contributed by atoms with Gasteiger partial charge in [-0.1, -0.05) is 12.1 Å². The van der Waals surface area contributed by atoms with Gasteiger partial charge in [0.05, 0.1) is 19.1 Å². The molecule has 0 saturated heterocycles. The predicted octanol–water partition coefficient (Wildman–Crippen LogP) is 0.953. The molecule has 108 valence electrons. The molecule has 0 bridgehead atoms. The lowest BCUT2D eigenvalue weighted by Gasteiger charge is -2.14. The Bertz CT molecular complexity index is 483. The SMILES string of the molecule is CCOc1cccc(CN)c1OCC(=O)NCCC#N. The van der Waals surface area contributed by atoms with Gasteiger partial charge in [0.15, 0.2) is 18.1 Å². The Hall–Kier alpha value is -2.26. The third kappa shape index (κ3) is 4.78. The second-order valence-electron chi connectivity index (χ2n) is 3.93. The molecule has 0 heterocycles. The summed E-state index contributed by atoms with van der Waals surface area (Å²) in [5, 5.41) is 11.0. The highest BCUT2D eigenvalue weighted by atomic mass is 16.5. The molecule has 0 aliphatic heterocycles. The number of para-hydroxylation sites is 1. The van der Waals surface area contributed by atoms with E-state index in [4.69, 9.17) is 20.5 Å². The van der Waals surface area contributed by atoms with Crippen molar-refractivity contribution in [1.29, 1.82) is 5.26 Å². The van der Waals surface area contributed by atoms with E-state index in [0.29, 0.717) is 31.2 Å². The van der Waals surface area contributed by atoms with E-state index >= 15 is 0 Å². The van der Waals surface area contributed by atoms with Crippen LogP contribution >= 0.6 is 0 Å². The van der Waals surface area contributed by atoms with Gasteiger partial charge in [-0.25, -0.2) is 0 Å². The molecule has 0 unspecified atom stereocenters. The van der Waals surface area contributed by atoms with Gasteiger partial charge < -0.3 is 20.5 Å². The maximum Gasteiger partial charge on any atom is 0.257 e. The number of carbonyl (C=O) groups is 1. The van der Waals surface area contributed by atoms with Gasteiger partial charge in [0.25, 0.3) is 5.91 Å². The Balaban J connectivity index is 2.66. The Labute approximate surface area is 118 Å². The lowest BCUT2D eigenvalue weighted by atomic mass is 10.2. The number of carbonyl (C=O) groups excluding carboxylic acids is 1. The minimum Gasteiger partial charge on any atom is -0.490 e. The van der Waals surface area contributed by atoms with Crippen LogP contribution in [0.4, 0.5) is 0 Å². The number of amides is 1. The first-order valence-electron chi connectivity index (χ1n) is 6.44. The van der Waals surface area contributed by atoms with E-state index in [1.807, 2.05) is 25.1 Å². The number of rotatable bonds is 8. The van der Waals surface area contributed by atoms with Crippen molar-refractivity contribution in [2.24, 2.45) is 5.73 Å². The van der Waals surface area contributed by atoms with Crippen molar-refractivity contribution in [3.8, 4) is 17.6 Å². The molecular formula is C14H19N3O3. The lowest BCUT2D eigenvalue weighted by Crippen LogP contribution is -2.29. The topological polar surface area (TPSA) is 97.4 Å². The molecule has 0 aliphatic carbocycles.